The molecule has 0 aromatic carbocycles. The third-order valence-corrected chi connectivity index (χ3v) is 1.40. The van der Waals surface area contributed by atoms with Crippen molar-refractivity contribution < 1.29 is 15.0 Å². The molecule has 0 fully saturated rings. The van der Waals surface area contributed by atoms with Gasteiger partial charge in [0.2, 0.25) is 0 Å². The van der Waals surface area contributed by atoms with Crippen LogP contribution in [0.5, 0.6) is 0 Å². The van der Waals surface area contributed by atoms with Gasteiger partial charge in [-0.1, -0.05) is 0 Å². The van der Waals surface area contributed by atoms with Crippen molar-refractivity contribution in [3.05, 3.63) is 0 Å². The Morgan fingerprint density at radius 1 is 1.55 bits per heavy atom. The van der Waals surface area contributed by atoms with Crippen molar-refractivity contribution in [2.75, 3.05) is 6.54 Å². The minimum atomic E-state index is -1.19. The lowest BCUT2D eigenvalue weighted by Gasteiger charge is -2.13. The fraction of sp³-hybridized carbons (Fsp3) is 0.833. The molecule has 0 saturated heterocycles. The van der Waals surface area contributed by atoms with Crippen LogP contribution in [0.25, 0.3) is 0 Å². The normalized spacial score (nSPS) is 15.9. The largest absolute Gasteiger partial charge is 0.480 e. The average molecular weight is 162 g/mol. The van der Waals surface area contributed by atoms with Crippen molar-refractivity contribution in [1.29, 1.82) is 0 Å². The van der Waals surface area contributed by atoms with Crippen LogP contribution >= 0.6 is 0 Å². The zero-order chi connectivity index (χ0) is 8.85. The van der Waals surface area contributed by atoms with Crippen LogP contribution in [0.2, 0.25) is 0 Å². The summed E-state index contributed by atoms with van der Waals surface area (Å²) >= 11 is 0. The highest BCUT2D eigenvalue weighted by Gasteiger charge is 2.20. The number of carboxylic acids is 1. The second kappa shape index (κ2) is 5.06. The van der Waals surface area contributed by atoms with Gasteiger partial charge in [0.15, 0.2) is 0 Å². The van der Waals surface area contributed by atoms with Crippen molar-refractivity contribution in [2.24, 2.45) is 11.5 Å². The van der Waals surface area contributed by atoms with Crippen LogP contribution in [-0.2, 0) is 4.79 Å². The lowest BCUT2D eigenvalue weighted by Crippen LogP contribution is -2.41. The Morgan fingerprint density at radius 3 is 2.45 bits per heavy atom. The number of nitrogens with two attached hydrogens (primary N) is 2. The van der Waals surface area contributed by atoms with E-state index in [0.717, 1.165) is 0 Å². The summed E-state index contributed by atoms with van der Waals surface area (Å²) in [6.07, 6.45) is -0.0670. The van der Waals surface area contributed by atoms with Gasteiger partial charge in [-0.15, -0.1) is 0 Å². The summed E-state index contributed by atoms with van der Waals surface area (Å²) < 4.78 is 0. The summed E-state index contributed by atoms with van der Waals surface area (Å²) in [5.41, 5.74) is 10.3. The molecule has 5 heteroatoms. The number of carbonyl (C=O) groups is 1. The van der Waals surface area contributed by atoms with Gasteiger partial charge in [-0.25, -0.2) is 0 Å². The lowest BCUT2D eigenvalue weighted by molar-refractivity contribution is -0.141. The van der Waals surface area contributed by atoms with Crippen LogP contribution in [0.15, 0.2) is 0 Å². The first-order valence-electron chi connectivity index (χ1n) is 3.46. The number of carboxylic acid groups (broad SMARTS) is 1. The molecule has 2 atom stereocenters. The Hall–Kier alpha value is -0.650. The van der Waals surface area contributed by atoms with E-state index in [4.69, 9.17) is 21.7 Å². The molecule has 0 amide bonds. The van der Waals surface area contributed by atoms with Gasteiger partial charge >= 0.3 is 5.97 Å². The maximum Gasteiger partial charge on any atom is 0.323 e. The van der Waals surface area contributed by atoms with E-state index in [1.165, 1.54) is 0 Å². The van der Waals surface area contributed by atoms with Crippen molar-refractivity contribution in [1.82, 2.24) is 0 Å². The maximum absolute atomic E-state index is 10.2. The van der Waals surface area contributed by atoms with E-state index < -0.39 is 18.1 Å². The fourth-order valence-corrected chi connectivity index (χ4v) is 0.671. The van der Waals surface area contributed by atoms with E-state index in [1.54, 1.807) is 0 Å². The van der Waals surface area contributed by atoms with Gasteiger partial charge in [0, 0.05) is 0 Å². The van der Waals surface area contributed by atoms with Gasteiger partial charge in [0.25, 0.3) is 0 Å². The molecule has 0 heterocycles. The first-order valence-corrected chi connectivity index (χ1v) is 3.46. The van der Waals surface area contributed by atoms with Crippen LogP contribution in [0, 0.1) is 0 Å². The van der Waals surface area contributed by atoms with Crippen LogP contribution in [-0.4, -0.2) is 34.9 Å². The molecule has 0 aliphatic carbocycles. The van der Waals surface area contributed by atoms with E-state index >= 15 is 0 Å². The van der Waals surface area contributed by atoms with Gasteiger partial charge in [-0.2, -0.15) is 0 Å². The van der Waals surface area contributed by atoms with Gasteiger partial charge in [-0.3, -0.25) is 4.79 Å². The van der Waals surface area contributed by atoms with Gasteiger partial charge in [-0.05, 0) is 19.4 Å². The van der Waals surface area contributed by atoms with E-state index in [2.05, 4.69) is 0 Å². The molecule has 0 aliphatic rings. The quantitative estimate of drug-likeness (QED) is 0.393. The van der Waals surface area contributed by atoms with E-state index in [1.807, 2.05) is 0 Å². The summed E-state index contributed by atoms with van der Waals surface area (Å²) in [7, 11) is 0. The zero-order valence-electron chi connectivity index (χ0n) is 6.23. The van der Waals surface area contributed by atoms with Crippen molar-refractivity contribution in [3.63, 3.8) is 0 Å². The van der Waals surface area contributed by atoms with E-state index in [-0.39, 0.29) is 0 Å². The van der Waals surface area contributed by atoms with Crippen LogP contribution in [0.1, 0.15) is 12.8 Å². The number of hydrogen-bond donors (Lipinski definition) is 4. The van der Waals surface area contributed by atoms with Crippen LogP contribution < -0.4 is 11.5 Å². The molecule has 0 aliphatic heterocycles. The fourth-order valence-electron chi connectivity index (χ4n) is 0.671. The minimum Gasteiger partial charge on any atom is -0.480 e. The molecule has 5 nitrogen and oxygen atoms in total. The lowest BCUT2D eigenvalue weighted by atomic mass is 10.1. The number of aliphatic hydroxyl groups excluding tert-OH is 1. The standard InChI is InChI=1S/C6H14N2O3/c7-3-1-2-4(9)5(8)6(10)11/h4-5,9H,1-3,7-8H2,(H,10,11)/t4-,5-/m0/s1. The van der Waals surface area contributed by atoms with E-state index in [0.29, 0.717) is 19.4 Å². The third kappa shape index (κ3) is 3.92. The minimum absolute atomic E-state index is 0.337. The molecule has 11 heavy (non-hydrogen) atoms. The Balaban J connectivity index is 3.63. The summed E-state index contributed by atoms with van der Waals surface area (Å²) in [5, 5.41) is 17.4. The smallest absolute Gasteiger partial charge is 0.323 e. The molecule has 66 valence electrons. The summed E-state index contributed by atoms with van der Waals surface area (Å²) in [6, 6.07) is -1.19. The Labute approximate surface area is 65.0 Å². The first kappa shape index (κ1) is 10.3. The van der Waals surface area contributed by atoms with Gasteiger partial charge in [0.05, 0.1) is 6.10 Å². The summed E-state index contributed by atoms with van der Waals surface area (Å²) in [5.74, 6) is -1.19. The maximum atomic E-state index is 10.2. The zero-order valence-corrected chi connectivity index (χ0v) is 6.23. The van der Waals surface area contributed by atoms with Gasteiger partial charge < -0.3 is 21.7 Å². The van der Waals surface area contributed by atoms with Gasteiger partial charge in [0.1, 0.15) is 6.04 Å². The van der Waals surface area contributed by atoms with Crippen molar-refractivity contribution >= 4 is 5.97 Å². The monoisotopic (exact) mass is 162 g/mol. The molecule has 0 unspecified atom stereocenters. The van der Waals surface area contributed by atoms with Crippen molar-refractivity contribution in [2.45, 2.75) is 25.0 Å². The molecular weight excluding hydrogens is 148 g/mol. The second-order valence-corrected chi connectivity index (χ2v) is 2.36. The number of hydrogen-bond acceptors (Lipinski definition) is 4. The topological polar surface area (TPSA) is 110 Å². The predicted octanol–water partition coefficient (Wildman–Crippen LogP) is -1.50. The highest BCUT2D eigenvalue weighted by atomic mass is 16.4. The third-order valence-electron chi connectivity index (χ3n) is 1.40. The molecule has 0 rings (SSSR count). The van der Waals surface area contributed by atoms with Crippen LogP contribution in [0.4, 0.5) is 0 Å². The van der Waals surface area contributed by atoms with Crippen LogP contribution in [0.3, 0.4) is 0 Å². The predicted molar refractivity (Wildman–Crippen MR) is 39.9 cm³/mol. The average Bonchev–Trinajstić information content (AvgIpc) is 1.98. The van der Waals surface area contributed by atoms with E-state index in [9.17, 15) is 4.79 Å². The van der Waals surface area contributed by atoms with Crippen molar-refractivity contribution in [3.8, 4) is 0 Å². The SMILES string of the molecule is NCCC[C@H](O)[C@H](N)C(=O)O. The molecule has 0 bridgehead atoms. The molecule has 0 radical (unpaired) electrons. The number of rotatable bonds is 5. The summed E-state index contributed by atoms with van der Waals surface area (Å²) in [6.45, 7) is 0.434. The molecule has 0 saturated carbocycles. The molecule has 6 N–H and O–H groups in total. The highest BCUT2D eigenvalue weighted by Crippen LogP contribution is 1.99. The Morgan fingerprint density at radius 2 is 2.09 bits per heavy atom. The molecule has 0 spiro atoms. The molecule has 0 aromatic heterocycles. The molecular formula is C6H14N2O3. The number of aliphatic hydroxyl groups is 1. The Kier molecular flexibility index (Phi) is 4.76. The molecule has 0 aromatic rings. The first-order chi connectivity index (χ1) is 5.09. The highest BCUT2D eigenvalue weighted by molar-refractivity contribution is 5.73. The summed E-state index contributed by atoms with van der Waals surface area (Å²) in [4.78, 5) is 10.2. The second-order valence-electron chi connectivity index (χ2n) is 2.36. The Bertz CT molecular complexity index is 129. The number of aliphatic carboxylic acids is 1.